The Kier molecular flexibility index (Phi) is 4.47. The molecule has 2 N–H and O–H groups in total. The molecule has 16 heavy (non-hydrogen) atoms. The molecule has 0 aliphatic rings. The van der Waals surface area contributed by atoms with Crippen LogP contribution in [0.4, 0.5) is 0 Å². The van der Waals surface area contributed by atoms with Crippen molar-refractivity contribution in [3.05, 3.63) is 33.3 Å². The number of hydrogen-bond donors (Lipinski definition) is 1. The van der Waals surface area contributed by atoms with Gasteiger partial charge in [-0.15, -0.1) is 0 Å². The number of hydrogen-bond acceptors (Lipinski definition) is 4. The molecule has 84 valence electrons. The van der Waals surface area contributed by atoms with Crippen LogP contribution < -0.4 is 5.73 Å². The lowest BCUT2D eigenvalue weighted by Gasteiger charge is -2.10. The number of benzene rings is 1. The number of nitrogens with zero attached hydrogens (tertiary/aromatic N) is 1. The molecule has 0 aliphatic carbocycles. The first-order chi connectivity index (χ1) is 7.65. The summed E-state index contributed by atoms with van der Waals surface area (Å²) in [6.45, 7) is 2.17. The van der Waals surface area contributed by atoms with E-state index in [-0.39, 0.29) is 24.3 Å². The summed E-state index contributed by atoms with van der Waals surface area (Å²) in [5.41, 5.74) is 6.65. The summed E-state index contributed by atoms with van der Waals surface area (Å²) in [5.74, 6) is -0.513. The highest BCUT2D eigenvalue weighted by Gasteiger charge is 2.19. The first kappa shape index (κ1) is 12.7. The molecule has 0 spiro atoms. The normalized spacial score (nSPS) is 9.62. The van der Waals surface area contributed by atoms with Crippen LogP contribution in [0.15, 0.2) is 16.6 Å². The molecule has 0 bridgehead atoms. The molecule has 0 radical (unpaired) electrons. The van der Waals surface area contributed by atoms with Crippen molar-refractivity contribution in [3.63, 3.8) is 0 Å². The fourth-order valence-electron chi connectivity index (χ4n) is 1.34. The Morgan fingerprint density at radius 2 is 2.31 bits per heavy atom. The Labute approximate surface area is 102 Å². The lowest BCUT2D eigenvalue weighted by molar-refractivity contribution is 0.0524. The molecule has 0 aromatic heterocycles. The number of rotatable bonds is 3. The number of esters is 1. The Bertz CT molecular complexity index is 452. The summed E-state index contributed by atoms with van der Waals surface area (Å²) in [6, 6.07) is 5.38. The second-order valence-electron chi connectivity index (χ2n) is 2.99. The summed E-state index contributed by atoms with van der Waals surface area (Å²) in [7, 11) is 0. The summed E-state index contributed by atoms with van der Waals surface area (Å²) >= 11 is 3.22. The molecule has 1 aromatic rings. The quantitative estimate of drug-likeness (QED) is 0.860. The minimum absolute atomic E-state index is 0.191. The highest BCUT2D eigenvalue weighted by Crippen LogP contribution is 2.24. The van der Waals surface area contributed by atoms with Crippen LogP contribution in [0, 0.1) is 11.3 Å². The van der Waals surface area contributed by atoms with Gasteiger partial charge in [-0.2, -0.15) is 5.26 Å². The van der Waals surface area contributed by atoms with Crippen molar-refractivity contribution >= 4 is 21.9 Å². The molecule has 0 aliphatic heterocycles. The molecule has 1 aromatic carbocycles. The van der Waals surface area contributed by atoms with Gasteiger partial charge in [0.25, 0.3) is 0 Å². The van der Waals surface area contributed by atoms with Crippen LogP contribution in [0.5, 0.6) is 0 Å². The SMILES string of the molecule is CCOC(=O)c1c(CN)ccc(Br)c1C#N. The van der Waals surface area contributed by atoms with Gasteiger partial charge in [-0.3, -0.25) is 0 Å². The van der Waals surface area contributed by atoms with Gasteiger partial charge in [0.2, 0.25) is 0 Å². The second kappa shape index (κ2) is 5.64. The summed E-state index contributed by atoms with van der Waals surface area (Å²) in [4.78, 5) is 11.7. The first-order valence-electron chi connectivity index (χ1n) is 4.74. The highest BCUT2D eigenvalue weighted by molar-refractivity contribution is 9.10. The largest absolute Gasteiger partial charge is 0.462 e. The zero-order valence-corrected chi connectivity index (χ0v) is 10.4. The number of nitriles is 1. The van der Waals surface area contributed by atoms with Crippen LogP contribution >= 0.6 is 15.9 Å². The number of carbonyl (C=O) groups excluding carboxylic acids is 1. The molecule has 0 saturated heterocycles. The zero-order valence-electron chi connectivity index (χ0n) is 8.79. The van der Waals surface area contributed by atoms with Crippen molar-refractivity contribution in [2.75, 3.05) is 6.61 Å². The number of carbonyl (C=O) groups is 1. The Morgan fingerprint density at radius 3 is 2.81 bits per heavy atom. The number of nitrogens with two attached hydrogens (primary N) is 1. The molecule has 4 nitrogen and oxygen atoms in total. The van der Waals surface area contributed by atoms with E-state index in [1.807, 2.05) is 6.07 Å². The van der Waals surface area contributed by atoms with E-state index in [4.69, 9.17) is 15.7 Å². The first-order valence-corrected chi connectivity index (χ1v) is 5.53. The van der Waals surface area contributed by atoms with Gasteiger partial charge in [0.15, 0.2) is 0 Å². The predicted octanol–water partition coefficient (Wildman–Crippen LogP) is 1.96. The van der Waals surface area contributed by atoms with Gasteiger partial charge in [-0.25, -0.2) is 4.79 Å². The number of ether oxygens (including phenoxy) is 1. The molecule has 0 atom stereocenters. The Hall–Kier alpha value is -1.38. The average molecular weight is 283 g/mol. The van der Waals surface area contributed by atoms with Gasteiger partial charge in [0, 0.05) is 11.0 Å². The van der Waals surface area contributed by atoms with E-state index in [1.165, 1.54) is 0 Å². The van der Waals surface area contributed by atoms with Gasteiger partial charge >= 0.3 is 5.97 Å². The van der Waals surface area contributed by atoms with E-state index < -0.39 is 5.97 Å². The Morgan fingerprint density at radius 1 is 1.62 bits per heavy atom. The van der Waals surface area contributed by atoms with Crippen molar-refractivity contribution in [1.29, 1.82) is 5.26 Å². The van der Waals surface area contributed by atoms with Crippen molar-refractivity contribution in [2.24, 2.45) is 5.73 Å². The van der Waals surface area contributed by atoms with Gasteiger partial charge in [-0.1, -0.05) is 6.07 Å². The van der Waals surface area contributed by atoms with Crippen molar-refractivity contribution in [1.82, 2.24) is 0 Å². The minimum atomic E-state index is -0.513. The summed E-state index contributed by atoms with van der Waals surface area (Å²) in [6.07, 6.45) is 0. The molecule has 0 amide bonds. The van der Waals surface area contributed by atoms with E-state index in [0.29, 0.717) is 10.0 Å². The van der Waals surface area contributed by atoms with E-state index in [0.717, 1.165) is 0 Å². The molecule has 0 fully saturated rings. The van der Waals surface area contributed by atoms with Gasteiger partial charge in [0.1, 0.15) is 6.07 Å². The maximum Gasteiger partial charge on any atom is 0.339 e. The smallest absolute Gasteiger partial charge is 0.339 e. The van der Waals surface area contributed by atoms with Crippen LogP contribution in [0.1, 0.15) is 28.4 Å². The molecule has 0 unspecified atom stereocenters. The lowest BCUT2D eigenvalue weighted by Crippen LogP contribution is -2.13. The van der Waals surface area contributed by atoms with Gasteiger partial charge in [0.05, 0.1) is 17.7 Å². The van der Waals surface area contributed by atoms with Crippen molar-refractivity contribution in [2.45, 2.75) is 13.5 Å². The monoisotopic (exact) mass is 282 g/mol. The minimum Gasteiger partial charge on any atom is -0.462 e. The maximum atomic E-state index is 11.7. The van der Waals surface area contributed by atoms with E-state index in [1.54, 1.807) is 19.1 Å². The average Bonchev–Trinajstić information content (AvgIpc) is 2.28. The van der Waals surface area contributed by atoms with E-state index in [2.05, 4.69) is 15.9 Å². The lowest BCUT2D eigenvalue weighted by atomic mass is 10.0. The summed E-state index contributed by atoms with van der Waals surface area (Å²) < 4.78 is 5.47. The number of halogens is 1. The standard InChI is InChI=1S/C11H11BrN2O2/c1-2-16-11(15)10-7(5-13)3-4-9(12)8(10)6-14/h3-4H,2,5,13H2,1H3. The van der Waals surface area contributed by atoms with Gasteiger partial charge < -0.3 is 10.5 Å². The predicted molar refractivity (Wildman–Crippen MR) is 62.7 cm³/mol. The molecule has 5 heteroatoms. The van der Waals surface area contributed by atoms with Crippen LogP contribution in [-0.4, -0.2) is 12.6 Å². The van der Waals surface area contributed by atoms with E-state index in [9.17, 15) is 4.79 Å². The second-order valence-corrected chi connectivity index (χ2v) is 3.85. The highest BCUT2D eigenvalue weighted by atomic mass is 79.9. The van der Waals surface area contributed by atoms with Crippen LogP contribution in [0.2, 0.25) is 0 Å². The third-order valence-electron chi connectivity index (χ3n) is 2.05. The molecule has 0 saturated carbocycles. The third-order valence-corrected chi connectivity index (χ3v) is 2.71. The van der Waals surface area contributed by atoms with Gasteiger partial charge in [-0.05, 0) is 34.5 Å². The molecule has 1 rings (SSSR count). The topological polar surface area (TPSA) is 76.1 Å². The fourth-order valence-corrected chi connectivity index (χ4v) is 1.76. The van der Waals surface area contributed by atoms with Crippen LogP contribution in [-0.2, 0) is 11.3 Å². The van der Waals surface area contributed by atoms with E-state index >= 15 is 0 Å². The van der Waals surface area contributed by atoms with Crippen LogP contribution in [0.3, 0.4) is 0 Å². The summed E-state index contributed by atoms with van der Waals surface area (Å²) in [5, 5.41) is 9.01. The Balaban J connectivity index is 3.37. The molecular formula is C11H11BrN2O2. The van der Waals surface area contributed by atoms with Crippen molar-refractivity contribution in [3.8, 4) is 6.07 Å². The molecular weight excluding hydrogens is 272 g/mol. The van der Waals surface area contributed by atoms with Crippen molar-refractivity contribution < 1.29 is 9.53 Å². The van der Waals surface area contributed by atoms with Crippen LogP contribution in [0.25, 0.3) is 0 Å². The third kappa shape index (κ3) is 2.40. The molecule has 0 heterocycles. The zero-order chi connectivity index (χ0) is 12.1. The fraction of sp³-hybridized carbons (Fsp3) is 0.273. The maximum absolute atomic E-state index is 11.7.